The molecule has 1 fully saturated rings. The van der Waals surface area contributed by atoms with Gasteiger partial charge in [0.1, 0.15) is 6.61 Å². The van der Waals surface area contributed by atoms with Crippen molar-refractivity contribution in [2.75, 3.05) is 65.6 Å². The first kappa shape index (κ1) is 22.5. The summed E-state index contributed by atoms with van der Waals surface area (Å²) >= 11 is 0. The summed E-state index contributed by atoms with van der Waals surface area (Å²) in [5.41, 5.74) is 0. The van der Waals surface area contributed by atoms with Gasteiger partial charge in [-0.15, -0.1) is 0 Å². The lowest BCUT2D eigenvalue weighted by molar-refractivity contribution is -0.174. The fourth-order valence-corrected chi connectivity index (χ4v) is 2.70. The minimum atomic E-state index is -4.29. The van der Waals surface area contributed by atoms with Gasteiger partial charge in [-0.3, -0.25) is 9.69 Å². The predicted molar refractivity (Wildman–Crippen MR) is 90.8 cm³/mol. The van der Waals surface area contributed by atoms with E-state index in [4.69, 9.17) is 0 Å². The summed E-state index contributed by atoms with van der Waals surface area (Å²) in [6.45, 7) is 6.79. The molecule has 0 atom stereocenters. The summed E-state index contributed by atoms with van der Waals surface area (Å²) in [6, 6.07) is -0.265. The first-order chi connectivity index (χ1) is 12.3. The normalized spacial score (nSPS) is 15.8. The molecule has 1 N–H and O–H groups in total. The lowest BCUT2D eigenvalue weighted by atomic mass is 10.3. The van der Waals surface area contributed by atoms with Gasteiger partial charge in [0.05, 0.1) is 6.54 Å². The van der Waals surface area contributed by atoms with E-state index in [-0.39, 0.29) is 25.1 Å². The second-order valence-electron chi connectivity index (χ2n) is 6.07. The number of ether oxygens (including phenoxy) is 1. The molecule has 0 bridgehead atoms. The van der Waals surface area contributed by atoms with E-state index in [1.807, 2.05) is 13.8 Å². The molecule has 0 radical (unpaired) electrons. The van der Waals surface area contributed by atoms with Crippen LogP contribution < -0.4 is 5.32 Å². The van der Waals surface area contributed by atoms with Crippen molar-refractivity contribution in [1.29, 1.82) is 0 Å². The van der Waals surface area contributed by atoms with E-state index in [2.05, 4.69) is 15.0 Å². The van der Waals surface area contributed by atoms with Crippen molar-refractivity contribution in [3.05, 3.63) is 0 Å². The molecule has 0 aliphatic carbocycles. The molecule has 1 rings (SSSR count). The molecule has 0 aromatic carbocycles. The Balaban J connectivity index is 2.17. The quantitative estimate of drug-likeness (QED) is 0.608. The number of hydrogen-bond acceptors (Lipinski definition) is 4. The topological polar surface area (TPSA) is 65.1 Å². The van der Waals surface area contributed by atoms with Crippen LogP contribution in [0.3, 0.4) is 0 Å². The van der Waals surface area contributed by atoms with E-state index in [0.29, 0.717) is 52.2 Å². The smallest absolute Gasteiger partial charge is 0.372 e. The molecule has 0 saturated carbocycles. The van der Waals surface area contributed by atoms with Crippen LogP contribution in [0.2, 0.25) is 0 Å². The van der Waals surface area contributed by atoms with Crippen LogP contribution in [0.25, 0.3) is 0 Å². The predicted octanol–water partition coefficient (Wildman–Crippen LogP) is 1.15. The third-order valence-corrected chi connectivity index (χ3v) is 4.20. The maximum Gasteiger partial charge on any atom is 0.411 e. The van der Waals surface area contributed by atoms with Crippen LogP contribution in [0, 0.1) is 0 Å². The van der Waals surface area contributed by atoms with Gasteiger partial charge < -0.3 is 19.9 Å². The molecule has 0 aromatic heterocycles. The van der Waals surface area contributed by atoms with Gasteiger partial charge in [0.15, 0.2) is 0 Å². The van der Waals surface area contributed by atoms with Gasteiger partial charge in [0, 0.05) is 52.4 Å². The van der Waals surface area contributed by atoms with Gasteiger partial charge in [-0.2, -0.15) is 13.2 Å². The number of halogens is 3. The van der Waals surface area contributed by atoms with Crippen molar-refractivity contribution in [3.8, 4) is 0 Å². The van der Waals surface area contributed by atoms with E-state index in [1.54, 1.807) is 9.80 Å². The Morgan fingerprint density at radius 2 is 1.73 bits per heavy atom. The van der Waals surface area contributed by atoms with Crippen molar-refractivity contribution < 1.29 is 27.5 Å². The van der Waals surface area contributed by atoms with Crippen LogP contribution in [0.1, 0.15) is 20.3 Å². The summed E-state index contributed by atoms with van der Waals surface area (Å²) in [5, 5.41) is 2.64. The van der Waals surface area contributed by atoms with Gasteiger partial charge in [-0.05, 0) is 20.3 Å². The van der Waals surface area contributed by atoms with Crippen LogP contribution in [-0.2, 0) is 9.53 Å². The van der Waals surface area contributed by atoms with Gasteiger partial charge in [0.25, 0.3) is 0 Å². The summed E-state index contributed by atoms with van der Waals surface area (Å²) in [7, 11) is 0. The number of amides is 3. The Bertz CT molecular complexity index is 437. The highest BCUT2D eigenvalue weighted by Crippen LogP contribution is 2.14. The molecule has 3 amide bonds. The molecule has 0 aromatic rings. The van der Waals surface area contributed by atoms with E-state index in [9.17, 15) is 22.8 Å². The van der Waals surface area contributed by atoms with Crippen molar-refractivity contribution in [2.24, 2.45) is 0 Å². The standard InChI is InChI=1S/C16H29F3N4O3/c1-3-22(4-2)14(24)12-20-15(25)23-9-7-21(8-10-23)6-5-11-26-13-16(17,18)19/h3-13H2,1-2H3,(H,20,25). The summed E-state index contributed by atoms with van der Waals surface area (Å²) in [4.78, 5) is 29.4. The van der Waals surface area contributed by atoms with Crippen LogP contribution in [0.5, 0.6) is 0 Å². The number of nitrogens with zero attached hydrogens (tertiary/aromatic N) is 3. The molecular weight excluding hydrogens is 353 g/mol. The van der Waals surface area contributed by atoms with Crippen molar-refractivity contribution >= 4 is 11.9 Å². The first-order valence-electron chi connectivity index (χ1n) is 8.94. The Kier molecular flexibility index (Phi) is 9.71. The fourth-order valence-electron chi connectivity index (χ4n) is 2.70. The molecule has 0 unspecified atom stereocenters. The van der Waals surface area contributed by atoms with Gasteiger partial charge in [0.2, 0.25) is 5.91 Å². The second-order valence-corrected chi connectivity index (χ2v) is 6.07. The number of alkyl halides is 3. The number of hydrogen-bond donors (Lipinski definition) is 1. The largest absolute Gasteiger partial charge is 0.411 e. The molecular formula is C16H29F3N4O3. The number of carbonyl (C=O) groups excluding carboxylic acids is 2. The lowest BCUT2D eigenvalue weighted by Gasteiger charge is -2.34. The highest BCUT2D eigenvalue weighted by atomic mass is 19.4. The molecule has 7 nitrogen and oxygen atoms in total. The number of urea groups is 1. The highest BCUT2D eigenvalue weighted by molar-refractivity contribution is 5.84. The summed E-state index contributed by atoms with van der Waals surface area (Å²) < 4.78 is 40.4. The van der Waals surface area contributed by atoms with Gasteiger partial charge in [-0.25, -0.2) is 4.79 Å². The summed E-state index contributed by atoms with van der Waals surface area (Å²) in [6.07, 6.45) is -3.77. The van der Waals surface area contributed by atoms with Gasteiger partial charge >= 0.3 is 12.2 Å². The number of rotatable bonds is 9. The van der Waals surface area contributed by atoms with Crippen LogP contribution >= 0.6 is 0 Å². The zero-order valence-corrected chi connectivity index (χ0v) is 15.5. The molecule has 1 saturated heterocycles. The number of carbonyl (C=O) groups is 2. The van der Waals surface area contributed by atoms with Crippen molar-refractivity contribution in [1.82, 2.24) is 20.0 Å². The second kappa shape index (κ2) is 11.2. The van der Waals surface area contributed by atoms with Crippen LogP contribution in [0.15, 0.2) is 0 Å². The first-order valence-corrected chi connectivity index (χ1v) is 8.94. The van der Waals surface area contributed by atoms with Gasteiger partial charge in [-0.1, -0.05) is 0 Å². The van der Waals surface area contributed by atoms with Crippen LogP contribution in [-0.4, -0.2) is 98.4 Å². The average molecular weight is 382 g/mol. The molecule has 1 aliphatic heterocycles. The van der Waals surface area contributed by atoms with E-state index in [0.717, 1.165) is 0 Å². The van der Waals surface area contributed by atoms with Crippen molar-refractivity contribution in [2.45, 2.75) is 26.4 Å². The molecule has 1 aliphatic rings. The molecule has 152 valence electrons. The molecule has 10 heteroatoms. The maximum atomic E-state index is 12.1. The Labute approximate surface area is 152 Å². The van der Waals surface area contributed by atoms with E-state index < -0.39 is 12.8 Å². The highest BCUT2D eigenvalue weighted by Gasteiger charge is 2.27. The zero-order chi connectivity index (χ0) is 19.6. The number of piperazine rings is 1. The third-order valence-electron chi connectivity index (χ3n) is 4.20. The Morgan fingerprint density at radius 1 is 1.12 bits per heavy atom. The summed E-state index contributed by atoms with van der Waals surface area (Å²) in [5.74, 6) is -0.110. The van der Waals surface area contributed by atoms with E-state index >= 15 is 0 Å². The van der Waals surface area contributed by atoms with Crippen LogP contribution in [0.4, 0.5) is 18.0 Å². The van der Waals surface area contributed by atoms with E-state index in [1.165, 1.54) is 0 Å². The number of nitrogens with one attached hydrogen (secondary N) is 1. The monoisotopic (exact) mass is 382 g/mol. The maximum absolute atomic E-state index is 12.1. The molecule has 0 spiro atoms. The third kappa shape index (κ3) is 8.70. The average Bonchev–Trinajstić information content (AvgIpc) is 2.60. The number of likely N-dealkylation sites (N-methyl/N-ethyl adjacent to an activating group) is 1. The minimum Gasteiger partial charge on any atom is -0.372 e. The molecule has 26 heavy (non-hydrogen) atoms. The SMILES string of the molecule is CCN(CC)C(=O)CNC(=O)N1CCN(CCCOCC(F)(F)F)CC1. The Morgan fingerprint density at radius 3 is 2.27 bits per heavy atom. The minimum absolute atomic E-state index is 0.0166. The zero-order valence-electron chi connectivity index (χ0n) is 15.5. The van der Waals surface area contributed by atoms with Crippen molar-refractivity contribution in [3.63, 3.8) is 0 Å². The molecule has 1 heterocycles. The fraction of sp³-hybridized carbons (Fsp3) is 0.875. The lowest BCUT2D eigenvalue weighted by Crippen LogP contribution is -2.53. The Hall–Kier alpha value is -1.55.